The van der Waals surface area contributed by atoms with Crippen molar-refractivity contribution in [2.75, 3.05) is 40.3 Å². The normalized spacial score (nSPS) is 10.2. The standard InChI is InChI=1S/C18H24N4O4/c1-11-7-16(22(2)3)21-15(20-11)10-19-18(23)12-8-13(24-4)17(26-6)14(9-12)25-5/h7-9H,10H2,1-6H3,(H,19,23). The van der Waals surface area contributed by atoms with Gasteiger partial charge in [0, 0.05) is 31.4 Å². The molecule has 1 aromatic carbocycles. The van der Waals surface area contributed by atoms with Gasteiger partial charge < -0.3 is 24.4 Å². The van der Waals surface area contributed by atoms with Gasteiger partial charge in [0.1, 0.15) is 11.6 Å². The maximum Gasteiger partial charge on any atom is 0.251 e. The summed E-state index contributed by atoms with van der Waals surface area (Å²) in [5, 5.41) is 2.81. The first-order valence-electron chi connectivity index (χ1n) is 7.99. The van der Waals surface area contributed by atoms with Crippen LogP contribution in [0.2, 0.25) is 0 Å². The molecule has 0 radical (unpaired) electrons. The Hall–Kier alpha value is -3.03. The smallest absolute Gasteiger partial charge is 0.251 e. The Morgan fingerprint density at radius 3 is 2.15 bits per heavy atom. The Morgan fingerprint density at radius 1 is 1.04 bits per heavy atom. The number of rotatable bonds is 7. The number of carbonyl (C=O) groups is 1. The molecular weight excluding hydrogens is 336 g/mol. The van der Waals surface area contributed by atoms with Crippen molar-refractivity contribution in [1.29, 1.82) is 0 Å². The maximum absolute atomic E-state index is 12.5. The molecule has 0 aliphatic rings. The molecule has 0 fully saturated rings. The van der Waals surface area contributed by atoms with Crippen molar-refractivity contribution in [3.05, 3.63) is 35.3 Å². The van der Waals surface area contributed by atoms with Crippen LogP contribution in [0, 0.1) is 6.92 Å². The van der Waals surface area contributed by atoms with E-state index >= 15 is 0 Å². The van der Waals surface area contributed by atoms with Gasteiger partial charge in [0.05, 0.1) is 27.9 Å². The van der Waals surface area contributed by atoms with Crippen molar-refractivity contribution < 1.29 is 19.0 Å². The van der Waals surface area contributed by atoms with Gasteiger partial charge in [0.15, 0.2) is 11.5 Å². The summed E-state index contributed by atoms with van der Waals surface area (Å²) in [5.74, 6) is 2.30. The van der Waals surface area contributed by atoms with Gasteiger partial charge >= 0.3 is 0 Å². The second-order valence-corrected chi connectivity index (χ2v) is 5.77. The minimum absolute atomic E-state index is 0.206. The van der Waals surface area contributed by atoms with Crippen LogP contribution < -0.4 is 24.4 Å². The summed E-state index contributed by atoms with van der Waals surface area (Å²) >= 11 is 0. The highest BCUT2D eigenvalue weighted by Crippen LogP contribution is 2.38. The molecular formula is C18H24N4O4. The predicted octanol–water partition coefficient (Wildman–Crippen LogP) is 1.81. The van der Waals surface area contributed by atoms with E-state index in [9.17, 15) is 4.79 Å². The highest BCUT2D eigenvalue weighted by atomic mass is 16.5. The monoisotopic (exact) mass is 360 g/mol. The number of amides is 1. The second-order valence-electron chi connectivity index (χ2n) is 5.77. The van der Waals surface area contributed by atoms with Crippen LogP contribution in [-0.2, 0) is 6.54 Å². The van der Waals surface area contributed by atoms with E-state index in [1.165, 1.54) is 21.3 Å². The van der Waals surface area contributed by atoms with Crippen LogP contribution in [0.4, 0.5) is 5.82 Å². The van der Waals surface area contributed by atoms with Gasteiger partial charge in [-0.25, -0.2) is 9.97 Å². The molecule has 1 amide bonds. The van der Waals surface area contributed by atoms with Gasteiger partial charge in [-0.1, -0.05) is 0 Å². The third kappa shape index (κ3) is 4.33. The third-order valence-electron chi connectivity index (χ3n) is 3.68. The Kier molecular flexibility index (Phi) is 6.21. The molecule has 0 aliphatic carbocycles. The van der Waals surface area contributed by atoms with E-state index in [2.05, 4.69) is 15.3 Å². The fraction of sp³-hybridized carbons (Fsp3) is 0.389. The first kappa shape index (κ1) is 19.3. The molecule has 2 rings (SSSR count). The summed E-state index contributed by atoms with van der Waals surface area (Å²) in [6.07, 6.45) is 0. The lowest BCUT2D eigenvalue weighted by atomic mass is 10.1. The molecule has 0 atom stereocenters. The molecule has 8 heteroatoms. The van der Waals surface area contributed by atoms with Crippen molar-refractivity contribution in [1.82, 2.24) is 15.3 Å². The number of aromatic nitrogens is 2. The summed E-state index contributed by atoms with van der Waals surface area (Å²) in [4.78, 5) is 23.2. The van der Waals surface area contributed by atoms with Gasteiger partial charge in [0.2, 0.25) is 5.75 Å². The molecule has 0 saturated carbocycles. The first-order chi connectivity index (χ1) is 12.4. The van der Waals surface area contributed by atoms with Crippen molar-refractivity contribution in [2.45, 2.75) is 13.5 Å². The fourth-order valence-electron chi connectivity index (χ4n) is 2.39. The Balaban J connectivity index is 2.20. The zero-order valence-electron chi connectivity index (χ0n) is 15.9. The molecule has 140 valence electrons. The largest absolute Gasteiger partial charge is 0.493 e. The van der Waals surface area contributed by atoms with E-state index in [0.717, 1.165) is 11.5 Å². The Morgan fingerprint density at radius 2 is 1.65 bits per heavy atom. The molecule has 26 heavy (non-hydrogen) atoms. The summed E-state index contributed by atoms with van der Waals surface area (Å²) in [6, 6.07) is 5.07. The summed E-state index contributed by atoms with van der Waals surface area (Å²) in [6.45, 7) is 2.09. The lowest BCUT2D eigenvalue weighted by Crippen LogP contribution is -2.25. The van der Waals surface area contributed by atoms with Gasteiger partial charge in [-0.15, -0.1) is 0 Å². The molecule has 2 aromatic rings. The second kappa shape index (κ2) is 8.37. The minimum atomic E-state index is -0.291. The van der Waals surface area contributed by atoms with Gasteiger partial charge in [0.25, 0.3) is 5.91 Å². The van der Waals surface area contributed by atoms with E-state index in [-0.39, 0.29) is 12.5 Å². The van der Waals surface area contributed by atoms with E-state index in [0.29, 0.717) is 28.6 Å². The number of methoxy groups -OCH3 is 3. The summed E-state index contributed by atoms with van der Waals surface area (Å²) in [7, 11) is 8.32. The van der Waals surface area contributed by atoms with Crippen LogP contribution in [0.1, 0.15) is 21.9 Å². The SMILES string of the molecule is COc1cc(C(=O)NCc2nc(C)cc(N(C)C)n2)cc(OC)c1OC. The van der Waals surface area contributed by atoms with Crippen LogP contribution in [0.5, 0.6) is 17.2 Å². The molecule has 1 aromatic heterocycles. The van der Waals surface area contributed by atoms with Gasteiger partial charge in [-0.3, -0.25) is 4.79 Å². The minimum Gasteiger partial charge on any atom is -0.493 e. The lowest BCUT2D eigenvalue weighted by Gasteiger charge is -2.15. The van der Waals surface area contributed by atoms with Crippen LogP contribution in [0.25, 0.3) is 0 Å². The van der Waals surface area contributed by atoms with Crippen molar-refractivity contribution in [3.63, 3.8) is 0 Å². The van der Waals surface area contributed by atoms with Crippen molar-refractivity contribution >= 4 is 11.7 Å². The Labute approximate surface area is 153 Å². The van der Waals surface area contributed by atoms with Crippen LogP contribution in [0.15, 0.2) is 18.2 Å². The van der Waals surface area contributed by atoms with E-state index < -0.39 is 0 Å². The molecule has 0 saturated heterocycles. The number of benzene rings is 1. The number of nitrogens with one attached hydrogen (secondary N) is 1. The zero-order valence-corrected chi connectivity index (χ0v) is 15.9. The number of ether oxygens (including phenoxy) is 3. The van der Waals surface area contributed by atoms with Gasteiger partial charge in [-0.05, 0) is 19.1 Å². The number of anilines is 1. The highest BCUT2D eigenvalue weighted by molar-refractivity contribution is 5.95. The predicted molar refractivity (Wildman–Crippen MR) is 98.4 cm³/mol. The van der Waals surface area contributed by atoms with Gasteiger partial charge in [-0.2, -0.15) is 0 Å². The van der Waals surface area contributed by atoms with Crippen LogP contribution in [0.3, 0.4) is 0 Å². The fourth-order valence-corrected chi connectivity index (χ4v) is 2.39. The number of aryl methyl sites for hydroxylation is 1. The summed E-state index contributed by atoms with van der Waals surface area (Å²) in [5.41, 5.74) is 1.22. The average molecular weight is 360 g/mol. The molecule has 0 aliphatic heterocycles. The van der Waals surface area contributed by atoms with E-state index in [4.69, 9.17) is 14.2 Å². The molecule has 8 nitrogen and oxygen atoms in total. The van der Waals surface area contributed by atoms with E-state index in [1.807, 2.05) is 32.0 Å². The van der Waals surface area contributed by atoms with Crippen molar-refractivity contribution in [2.24, 2.45) is 0 Å². The quantitative estimate of drug-likeness (QED) is 0.806. The molecule has 0 bridgehead atoms. The zero-order chi connectivity index (χ0) is 19.3. The topological polar surface area (TPSA) is 85.8 Å². The number of hydrogen-bond donors (Lipinski definition) is 1. The average Bonchev–Trinajstić information content (AvgIpc) is 2.64. The van der Waals surface area contributed by atoms with Crippen LogP contribution >= 0.6 is 0 Å². The lowest BCUT2D eigenvalue weighted by molar-refractivity contribution is 0.0949. The molecule has 0 spiro atoms. The molecule has 0 unspecified atom stereocenters. The number of carbonyl (C=O) groups excluding carboxylic acids is 1. The number of nitrogens with zero attached hydrogens (tertiary/aromatic N) is 3. The maximum atomic E-state index is 12.5. The van der Waals surface area contributed by atoms with Crippen LogP contribution in [-0.4, -0.2) is 51.3 Å². The Bertz CT molecular complexity index is 768. The third-order valence-corrected chi connectivity index (χ3v) is 3.68. The first-order valence-corrected chi connectivity index (χ1v) is 7.99. The summed E-state index contributed by atoms with van der Waals surface area (Å²) < 4.78 is 15.8. The molecule has 1 heterocycles. The number of hydrogen-bond acceptors (Lipinski definition) is 7. The van der Waals surface area contributed by atoms with Crippen molar-refractivity contribution in [3.8, 4) is 17.2 Å². The highest BCUT2D eigenvalue weighted by Gasteiger charge is 2.17. The molecule has 1 N–H and O–H groups in total. The van der Waals surface area contributed by atoms with E-state index in [1.54, 1.807) is 12.1 Å².